The lowest BCUT2D eigenvalue weighted by molar-refractivity contribution is -0.135. The van der Waals surface area contributed by atoms with Crippen molar-refractivity contribution >= 4 is 11.3 Å². The lowest BCUT2D eigenvalue weighted by Gasteiger charge is -2.47. The Labute approximate surface area is 120 Å². The first-order valence-corrected chi connectivity index (χ1v) is 8.39. The summed E-state index contributed by atoms with van der Waals surface area (Å²) in [5.74, 6) is 0. The van der Waals surface area contributed by atoms with E-state index in [1.54, 1.807) is 0 Å². The van der Waals surface area contributed by atoms with Crippen LogP contribution in [0.2, 0.25) is 0 Å². The van der Waals surface area contributed by atoms with Crippen molar-refractivity contribution in [3.8, 4) is 0 Å². The fourth-order valence-electron chi connectivity index (χ4n) is 3.27. The summed E-state index contributed by atoms with van der Waals surface area (Å²) in [5, 5.41) is 5.98. The van der Waals surface area contributed by atoms with E-state index >= 15 is 0 Å². The van der Waals surface area contributed by atoms with Crippen molar-refractivity contribution < 1.29 is 4.74 Å². The number of ether oxygens (including phenoxy) is 1. The summed E-state index contributed by atoms with van der Waals surface area (Å²) in [5.41, 5.74) is 0.488. The van der Waals surface area contributed by atoms with Crippen LogP contribution in [-0.4, -0.2) is 24.8 Å². The molecule has 2 aliphatic rings. The third-order valence-corrected chi connectivity index (χ3v) is 6.01. The minimum Gasteiger partial charge on any atom is -0.375 e. The molecule has 3 rings (SSSR count). The first-order chi connectivity index (χ1) is 9.10. The summed E-state index contributed by atoms with van der Waals surface area (Å²) in [7, 11) is 0. The van der Waals surface area contributed by atoms with E-state index in [1.807, 2.05) is 11.3 Å². The molecule has 1 N–H and O–H groups in total. The zero-order valence-corrected chi connectivity index (χ0v) is 12.9. The maximum absolute atomic E-state index is 6.00. The normalized spacial score (nSPS) is 26.3. The second-order valence-electron chi connectivity index (χ2n) is 6.82. The fraction of sp³-hybridized carbons (Fsp3) is 0.750. The van der Waals surface area contributed by atoms with E-state index in [1.165, 1.54) is 37.0 Å². The Kier molecular flexibility index (Phi) is 3.71. The average molecular weight is 279 g/mol. The van der Waals surface area contributed by atoms with Gasteiger partial charge in [-0.25, -0.2) is 0 Å². The van der Waals surface area contributed by atoms with Gasteiger partial charge < -0.3 is 10.1 Å². The molecule has 2 fully saturated rings. The van der Waals surface area contributed by atoms with Crippen LogP contribution in [0, 0.1) is 0 Å². The Bertz CT molecular complexity index is 408. The molecular weight excluding hydrogens is 254 g/mol. The monoisotopic (exact) mass is 279 g/mol. The first kappa shape index (κ1) is 13.6. The third-order valence-electron chi connectivity index (χ3n) is 4.78. The van der Waals surface area contributed by atoms with Crippen molar-refractivity contribution in [2.75, 3.05) is 13.2 Å². The van der Waals surface area contributed by atoms with Crippen molar-refractivity contribution in [2.24, 2.45) is 0 Å². The molecular formula is C16H25NOS. The van der Waals surface area contributed by atoms with Gasteiger partial charge in [-0.1, -0.05) is 19.9 Å². The summed E-state index contributed by atoms with van der Waals surface area (Å²) < 4.78 is 6.00. The molecule has 0 radical (unpaired) electrons. The molecule has 2 heterocycles. The largest absolute Gasteiger partial charge is 0.375 e. The summed E-state index contributed by atoms with van der Waals surface area (Å²) in [6.45, 7) is 6.68. The highest BCUT2D eigenvalue weighted by Crippen LogP contribution is 2.42. The maximum atomic E-state index is 6.00. The van der Waals surface area contributed by atoms with Crippen molar-refractivity contribution in [2.45, 2.75) is 63.0 Å². The van der Waals surface area contributed by atoms with Crippen molar-refractivity contribution in [1.29, 1.82) is 0 Å². The van der Waals surface area contributed by atoms with Crippen LogP contribution in [0.15, 0.2) is 17.5 Å². The van der Waals surface area contributed by atoms with Gasteiger partial charge in [-0.2, -0.15) is 0 Å². The van der Waals surface area contributed by atoms with Crippen LogP contribution < -0.4 is 5.32 Å². The Morgan fingerprint density at radius 1 is 1.47 bits per heavy atom. The van der Waals surface area contributed by atoms with Gasteiger partial charge in [0.25, 0.3) is 0 Å². The molecule has 1 aliphatic heterocycles. The topological polar surface area (TPSA) is 21.3 Å². The Morgan fingerprint density at radius 2 is 2.32 bits per heavy atom. The van der Waals surface area contributed by atoms with E-state index in [9.17, 15) is 0 Å². The van der Waals surface area contributed by atoms with Gasteiger partial charge in [0.05, 0.1) is 5.60 Å². The SMILES string of the molecule is CC(C)(CNC1CCOC2(CCC2)C1)c1cccs1. The second-order valence-corrected chi connectivity index (χ2v) is 7.76. The van der Waals surface area contributed by atoms with Gasteiger partial charge in [0.15, 0.2) is 0 Å². The second kappa shape index (κ2) is 5.19. The van der Waals surface area contributed by atoms with Gasteiger partial charge in [0.1, 0.15) is 0 Å². The van der Waals surface area contributed by atoms with Gasteiger partial charge in [-0.15, -0.1) is 11.3 Å². The Balaban J connectivity index is 1.54. The fourth-order valence-corrected chi connectivity index (χ4v) is 4.12. The third kappa shape index (κ3) is 2.88. The van der Waals surface area contributed by atoms with Crippen LogP contribution in [-0.2, 0) is 10.2 Å². The van der Waals surface area contributed by atoms with E-state index in [0.29, 0.717) is 6.04 Å². The lowest BCUT2D eigenvalue weighted by atomic mass is 9.74. The predicted octanol–water partition coefficient (Wildman–Crippen LogP) is 3.72. The maximum Gasteiger partial charge on any atom is 0.0697 e. The summed E-state index contributed by atoms with van der Waals surface area (Å²) >= 11 is 1.87. The summed E-state index contributed by atoms with van der Waals surface area (Å²) in [6.07, 6.45) is 6.29. The molecule has 0 bridgehead atoms. The first-order valence-electron chi connectivity index (χ1n) is 7.51. The molecule has 0 amide bonds. The molecule has 19 heavy (non-hydrogen) atoms. The zero-order valence-electron chi connectivity index (χ0n) is 12.1. The average Bonchev–Trinajstić information content (AvgIpc) is 2.90. The van der Waals surface area contributed by atoms with E-state index in [0.717, 1.165) is 13.2 Å². The quantitative estimate of drug-likeness (QED) is 0.907. The Hall–Kier alpha value is -0.380. The lowest BCUT2D eigenvalue weighted by Crippen LogP contribution is -2.52. The van der Waals surface area contributed by atoms with Crippen LogP contribution in [0.4, 0.5) is 0 Å². The van der Waals surface area contributed by atoms with Crippen LogP contribution in [0.5, 0.6) is 0 Å². The standard InChI is InChI=1S/C16H25NOS/c1-15(2,14-5-3-10-19-14)12-17-13-6-9-18-16(11-13)7-4-8-16/h3,5,10,13,17H,4,6-9,11-12H2,1-2H3. The molecule has 1 aromatic heterocycles. The predicted molar refractivity (Wildman–Crippen MR) is 80.9 cm³/mol. The molecule has 1 atom stereocenters. The molecule has 106 valence electrons. The number of hydrogen-bond acceptors (Lipinski definition) is 3. The highest BCUT2D eigenvalue weighted by atomic mass is 32.1. The summed E-state index contributed by atoms with van der Waals surface area (Å²) in [4.78, 5) is 1.48. The Morgan fingerprint density at radius 3 is 2.95 bits per heavy atom. The molecule has 0 aromatic carbocycles. The van der Waals surface area contributed by atoms with Gasteiger partial charge in [0, 0.05) is 29.5 Å². The molecule has 2 nitrogen and oxygen atoms in total. The van der Waals surface area contributed by atoms with E-state index in [4.69, 9.17) is 4.74 Å². The van der Waals surface area contributed by atoms with Gasteiger partial charge in [0.2, 0.25) is 0 Å². The summed E-state index contributed by atoms with van der Waals surface area (Å²) in [6, 6.07) is 5.05. The van der Waals surface area contributed by atoms with Crippen molar-refractivity contribution in [1.82, 2.24) is 5.32 Å². The molecule has 1 aliphatic carbocycles. The van der Waals surface area contributed by atoms with Crippen LogP contribution >= 0.6 is 11.3 Å². The highest BCUT2D eigenvalue weighted by Gasteiger charge is 2.42. The number of rotatable bonds is 4. The zero-order chi connectivity index (χ0) is 13.3. The molecule has 1 saturated heterocycles. The highest BCUT2D eigenvalue weighted by molar-refractivity contribution is 7.10. The number of thiophene rings is 1. The van der Waals surface area contributed by atoms with Crippen LogP contribution in [0.1, 0.15) is 50.8 Å². The van der Waals surface area contributed by atoms with E-state index < -0.39 is 0 Å². The molecule has 1 aromatic rings. The molecule has 1 spiro atoms. The van der Waals surface area contributed by atoms with Gasteiger partial charge >= 0.3 is 0 Å². The van der Waals surface area contributed by atoms with Crippen molar-refractivity contribution in [3.63, 3.8) is 0 Å². The smallest absolute Gasteiger partial charge is 0.0697 e. The van der Waals surface area contributed by atoms with Crippen molar-refractivity contribution in [3.05, 3.63) is 22.4 Å². The van der Waals surface area contributed by atoms with Crippen LogP contribution in [0.25, 0.3) is 0 Å². The van der Waals surface area contributed by atoms with Crippen LogP contribution in [0.3, 0.4) is 0 Å². The number of hydrogen-bond donors (Lipinski definition) is 1. The molecule has 3 heteroatoms. The van der Waals surface area contributed by atoms with E-state index in [2.05, 4.69) is 36.7 Å². The molecule has 1 unspecified atom stereocenters. The minimum atomic E-state index is 0.235. The minimum absolute atomic E-state index is 0.235. The molecule has 1 saturated carbocycles. The number of nitrogens with one attached hydrogen (secondary N) is 1. The van der Waals surface area contributed by atoms with Gasteiger partial charge in [-0.05, 0) is 43.6 Å². The van der Waals surface area contributed by atoms with E-state index in [-0.39, 0.29) is 11.0 Å². The van der Waals surface area contributed by atoms with Gasteiger partial charge in [-0.3, -0.25) is 0 Å².